The first kappa shape index (κ1) is 12.0. The van der Waals surface area contributed by atoms with Gasteiger partial charge in [-0.05, 0) is 19.2 Å². The molecule has 5 nitrogen and oxygen atoms in total. The Morgan fingerprint density at radius 1 is 1.21 bits per heavy atom. The van der Waals surface area contributed by atoms with Gasteiger partial charge in [0.1, 0.15) is 10.5 Å². The van der Waals surface area contributed by atoms with Gasteiger partial charge in [-0.15, -0.1) is 5.10 Å². The normalized spacial score (nSPS) is 10.8. The molecule has 3 rings (SSSR count). The van der Waals surface area contributed by atoms with Gasteiger partial charge >= 0.3 is 0 Å². The van der Waals surface area contributed by atoms with E-state index in [0.717, 1.165) is 15.9 Å². The minimum Gasteiger partial charge on any atom is -0.427 e. The molecule has 6 heteroatoms. The van der Waals surface area contributed by atoms with Crippen molar-refractivity contribution in [2.75, 3.05) is 7.05 Å². The second-order valence-electron chi connectivity index (χ2n) is 3.93. The van der Waals surface area contributed by atoms with Gasteiger partial charge in [0.15, 0.2) is 5.75 Å². The van der Waals surface area contributed by atoms with Crippen LogP contribution in [-0.4, -0.2) is 22.2 Å². The molecule has 0 radical (unpaired) electrons. The molecule has 0 saturated heterocycles. The van der Waals surface area contributed by atoms with Crippen LogP contribution < -0.4 is 10.1 Å². The van der Waals surface area contributed by atoms with Crippen molar-refractivity contribution in [3.8, 4) is 10.9 Å². The fourth-order valence-corrected chi connectivity index (χ4v) is 2.47. The summed E-state index contributed by atoms with van der Waals surface area (Å²) in [4.78, 5) is 4.34. The Balaban J connectivity index is 1.92. The van der Waals surface area contributed by atoms with Crippen molar-refractivity contribution in [1.29, 1.82) is 0 Å². The molecule has 1 aromatic carbocycles. The van der Waals surface area contributed by atoms with Gasteiger partial charge < -0.3 is 10.1 Å². The molecule has 19 heavy (non-hydrogen) atoms. The number of ether oxygens (including phenoxy) is 1. The second-order valence-corrected chi connectivity index (χ2v) is 4.95. The SMILES string of the molecule is CNCc1nnc(Oc2cccc3cccnc23)s1. The number of pyridine rings is 1. The molecule has 0 atom stereocenters. The maximum absolute atomic E-state index is 5.77. The average Bonchev–Trinajstić information content (AvgIpc) is 2.87. The zero-order valence-corrected chi connectivity index (χ0v) is 11.1. The Hall–Kier alpha value is -2.05. The average molecular weight is 272 g/mol. The van der Waals surface area contributed by atoms with Crippen LogP contribution in [0.5, 0.6) is 10.9 Å². The number of aromatic nitrogens is 3. The van der Waals surface area contributed by atoms with Crippen molar-refractivity contribution in [2.24, 2.45) is 0 Å². The van der Waals surface area contributed by atoms with E-state index in [9.17, 15) is 0 Å². The van der Waals surface area contributed by atoms with Crippen molar-refractivity contribution in [2.45, 2.75) is 6.54 Å². The Morgan fingerprint density at radius 2 is 2.11 bits per heavy atom. The van der Waals surface area contributed by atoms with Crippen LogP contribution in [0.25, 0.3) is 10.9 Å². The first-order chi connectivity index (χ1) is 9.36. The van der Waals surface area contributed by atoms with E-state index in [1.807, 2.05) is 37.4 Å². The highest BCUT2D eigenvalue weighted by Gasteiger charge is 2.08. The van der Waals surface area contributed by atoms with Crippen molar-refractivity contribution in [3.05, 3.63) is 41.5 Å². The molecular formula is C13H12N4OS. The summed E-state index contributed by atoms with van der Waals surface area (Å²) in [6.45, 7) is 0.689. The third kappa shape index (κ3) is 2.54. The quantitative estimate of drug-likeness (QED) is 0.791. The summed E-state index contributed by atoms with van der Waals surface area (Å²) >= 11 is 1.43. The summed E-state index contributed by atoms with van der Waals surface area (Å²) in [6.07, 6.45) is 1.75. The number of benzene rings is 1. The van der Waals surface area contributed by atoms with Gasteiger partial charge in [0.25, 0.3) is 5.19 Å². The minimum atomic E-state index is 0.531. The van der Waals surface area contributed by atoms with Crippen LogP contribution in [0.3, 0.4) is 0 Å². The molecule has 0 aliphatic carbocycles. The van der Waals surface area contributed by atoms with Crippen molar-refractivity contribution >= 4 is 22.2 Å². The van der Waals surface area contributed by atoms with E-state index >= 15 is 0 Å². The first-order valence-electron chi connectivity index (χ1n) is 5.85. The van der Waals surface area contributed by atoms with Crippen LogP contribution in [0, 0.1) is 0 Å². The third-order valence-corrected chi connectivity index (χ3v) is 3.37. The Morgan fingerprint density at radius 3 is 3.00 bits per heavy atom. The summed E-state index contributed by atoms with van der Waals surface area (Å²) in [5.41, 5.74) is 0.829. The highest BCUT2D eigenvalue weighted by atomic mass is 32.1. The van der Waals surface area contributed by atoms with Crippen LogP contribution in [0.4, 0.5) is 0 Å². The van der Waals surface area contributed by atoms with Crippen LogP contribution >= 0.6 is 11.3 Å². The summed E-state index contributed by atoms with van der Waals surface area (Å²) < 4.78 is 5.77. The van der Waals surface area contributed by atoms with Crippen LogP contribution in [0.2, 0.25) is 0 Å². The van der Waals surface area contributed by atoms with Gasteiger partial charge in [0, 0.05) is 18.1 Å². The molecule has 0 bridgehead atoms. The number of nitrogens with zero attached hydrogens (tertiary/aromatic N) is 3. The highest BCUT2D eigenvalue weighted by Crippen LogP contribution is 2.29. The molecule has 0 saturated carbocycles. The van der Waals surface area contributed by atoms with Crippen LogP contribution in [0.1, 0.15) is 5.01 Å². The maximum atomic E-state index is 5.77. The molecule has 0 spiro atoms. The van der Waals surface area contributed by atoms with Gasteiger partial charge in [-0.3, -0.25) is 4.98 Å². The van der Waals surface area contributed by atoms with E-state index in [-0.39, 0.29) is 0 Å². The number of fused-ring (bicyclic) bond motifs is 1. The molecule has 0 unspecified atom stereocenters. The lowest BCUT2D eigenvalue weighted by molar-refractivity contribution is 0.477. The fourth-order valence-electron chi connectivity index (χ4n) is 1.75. The number of hydrogen-bond donors (Lipinski definition) is 1. The zero-order chi connectivity index (χ0) is 13.1. The highest BCUT2D eigenvalue weighted by molar-refractivity contribution is 7.13. The topological polar surface area (TPSA) is 59.9 Å². The number of nitrogens with one attached hydrogen (secondary N) is 1. The molecule has 1 N–H and O–H groups in total. The Bertz CT molecular complexity index is 692. The number of hydrogen-bond acceptors (Lipinski definition) is 6. The third-order valence-electron chi connectivity index (χ3n) is 2.57. The fraction of sp³-hybridized carbons (Fsp3) is 0.154. The Labute approximate surface area is 114 Å². The summed E-state index contributed by atoms with van der Waals surface area (Å²) in [7, 11) is 1.87. The van der Waals surface area contributed by atoms with Gasteiger partial charge in [0.05, 0.1) is 0 Å². The van der Waals surface area contributed by atoms with Gasteiger partial charge in [-0.25, -0.2) is 0 Å². The van der Waals surface area contributed by atoms with E-state index in [2.05, 4.69) is 20.5 Å². The lowest BCUT2D eigenvalue weighted by Crippen LogP contribution is -2.04. The lowest BCUT2D eigenvalue weighted by atomic mass is 10.2. The molecule has 0 aliphatic heterocycles. The Kier molecular flexibility index (Phi) is 3.35. The summed E-state index contributed by atoms with van der Waals surface area (Å²) in [5, 5.41) is 13.6. The van der Waals surface area contributed by atoms with Gasteiger partial charge in [0.2, 0.25) is 0 Å². The molecular weight excluding hydrogens is 260 g/mol. The van der Waals surface area contributed by atoms with Crippen molar-refractivity contribution in [1.82, 2.24) is 20.5 Å². The van der Waals surface area contributed by atoms with Crippen LogP contribution in [0.15, 0.2) is 36.5 Å². The second kappa shape index (κ2) is 5.29. The molecule has 2 aromatic heterocycles. The van der Waals surface area contributed by atoms with E-state index < -0.39 is 0 Å². The monoisotopic (exact) mass is 272 g/mol. The molecule has 96 valence electrons. The van der Waals surface area contributed by atoms with E-state index in [0.29, 0.717) is 17.5 Å². The standard InChI is InChI=1S/C13H12N4OS/c1-14-8-11-16-17-13(19-11)18-10-6-2-4-9-5-3-7-15-12(9)10/h2-7,14H,8H2,1H3. The molecule has 3 aromatic rings. The maximum Gasteiger partial charge on any atom is 0.299 e. The van der Waals surface area contributed by atoms with E-state index in [1.165, 1.54) is 11.3 Å². The predicted octanol–water partition coefficient (Wildman–Crippen LogP) is 2.60. The zero-order valence-electron chi connectivity index (χ0n) is 10.3. The minimum absolute atomic E-state index is 0.531. The van der Waals surface area contributed by atoms with Gasteiger partial charge in [-0.1, -0.05) is 34.6 Å². The summed E-state index contributed by atoms with van der Waals surface area (Å²) in [5.74, 6) is 0.699. The van der Waals surface area contributed by atoms with Crippen molar-refractivity contribution < 1.29 is 4.74 Å². The largest absolute Gasteiger partial charge is 0.427 e. The lowest BCUT2D eigenvalue weighted by Gasteiger charge is -2.04. The van der Waals surface area contributed by atoms with E-state index in [4.69, 9.17) is 4.74 Å². The number of rotatable bonds is 4. The van der Waals surface area contributed by atoms with E-state index in [1.54, 1.807) is 6.20 Å². The molecule has 0 amide bonds. The van der Waals surface area contributed by atoms with Crippen molar-refractivity contribution in [3.63, 3.8) is 0 Å². The smallest absolute Gasteiger partial charge is 0.299 e. The molecule has 0 aliphatic rings. The molecule has 0 fully saturated rings. The van der Waals surface area contributed by atoms with Crippen LogP contribution in [-0.2, 0) is 6.54 Å². The molecule has 2 heterocycles. The summed E-state index contributed by atoms with van der Waals surface area (Å²) in [6, 6.07) is 9.73. The first-order valence-corrected chi connectivity index (χ1v) is 6.67. The predicted molar refractivity (Wildman–Crippen MR) is 74.5 cm³/mol. The van der Waals surface area contributed by atoms with Gasteiger partial charge in [-0.2, -0.15) is 0 Å². The number of para-hydroxylation sites is 1.